The van der Waals surface area contributed by atoms with Crippen molar-refractivity contribution in [2.75, 3.05) is 19.0 Å². The number of hydrogen-bond donors (Lipinski definition) is 1. The van der Waals surface area contributed by atoms with Crippen molar-refractivity contribution in [1.82, 2.24) is 9.97 Å². The van der Waals surface area contributed by atoms with E-state index in [0.717, 1.165) is 22.2 Å². The zero-order valence-corrected chi connectivity index (χ0v) is 11.6. The minimum atomic E-state index is 0.604. The van der Waals surface area contributed by atoms with Crippen molar-refractivity contribution in [3.05, 3.63) is 24.4 Å². The van der Waals surface area contributed by atoms with Gasteiger partial charge in [0.05, 0.1) is 17.7 Å². The third-order valence-corrected chi connectivity index (χ3v) is 3.33. The highest BCUT2D eigenvalue weighted by atomic mass is 32.1. The van der Waals surface area contributed by atoms with Crippen molar-refractivity contribution in [3.8, 4) is 16.5 Å². The van der Waals surface area contributed by atoms with Gasteiger partial charge in [-0.25, -0.2) is 9.97 Å². The largest absolute Gasteiger partial charge is 0.481 e. The second-order valence-corrected chi connectivity index (χ2v) is 5.40. The molecule has 5 heteroatoms. The maximum atomic E-state index is 5.12. The van der Waals surface area contributed by atoms with Crippen molar-refractivity contribution in [1.29, 1.82) is 0 Å². The van der Waals surface area contributed by atoms with Crippen LogP contribution in [0.25, 0.3) is 10.6 Å². The summed E-state index contributed by atoms with van der Waals surface area (Å²) in [6.07, 6.45) is 1.84. The summed E-state index contributed by atoms with van der Waals surface area (Å²) in [5.41, 5.74) is 0.893. The molecule has 96 valence electrons. The van der Waals surface area contributed by atoms with E-state index in [1.54, 1.807) is 18.4 Å². The fourth-order valence-corrected chi connectivity index (χ4v) is 2.22. The number of thiazole rings is 1. The molecule has 0 spiro atoms. The predicted molar refractivity (Wildman–Crippen MR) is 75.2 cm³/mol. The summed E-state index contributed by atoms with van der Waals surface area (Å²) in [4.78, 5) is 9.78. The second-order valence-electron chi connectivity index (χ2n) is 4.37. The maximum Gasteiger partial charge on any atom is 0.213 e. The Morgan fingerprint density at radius 2 is 2.22 bits per heavy atom. The van der Waals surface area contributed by atoms with E-state index in [-0.39, 0.29) is 0 Å². The van der Waals surface area contributed by atoms with Gasteiger partial charge in [-0.3, -0.25) is 0 Å². The molecule has 2 heterocycles. The van der Waals surface area contributed by atoms with Gasteiger partial charge < -0.3 is 10.1 Å². The molecule has 0 atom stereocenters. The van der Waals surface area contributed by atoms with Gasteiger partial charge in [-0.2, -0.15) is 0 Å². The number of ether oxygens (including phenoxy) is 1. The molecule has 4 nitrogen and oxygen atoms in total. The third kappa shape index (κ3) is 3.20. The standard InChI is InChI=1S/C13H17N3OS/c1-9(2)7-14-13-15-8-11(18-13)10-5-4-6-12(16-10)17-3/h4-6,8-9H,7H2,1-3H3,(H,14,15). The number of rotatable bonds is 5. The summed E-state index contributed by atoms with van der Waals surface area (Å²) in [5, 5.41) is 4.24. The summed E-state index contributed by atoms with van der Waals surface area (Å²) < 4.78 is 5.12. The van der Waals surface area contributed by atoms with Crippen LogP contribution in [-0.2, 0) is 0 Å². The molecular formula is C13H17N3OS. The smallest absolute Gasteiger partial charge is 0.213 e. The van der Waals surface area contributed by atoms with E-state index < -0.39 is 0 Å². The molecule has 0 unspecified atom stereocenters. The first-order valence-electron chi connectivity index (χ1n) is 5.90. The Bertz CT molecular complexity index is 510. The fourth-order valence-electron chi connectivity index (χ4n) is 1.43. The first-order chi connectivity index (χ1) is 8.69. The number of aromatic nitrogens is 2. The molecule has 0 saturated heterocycles. The number of methoxy groups -OCH3 is 1. The van der Waals surface area contributed by atoms with Crippen LogP contribution in [0.15, 0.2) is 24.4 Å². The van der Waals surface area contributed by atoms with E-state index in [1.165, 1.54) is 0 Å². The van der Waals surface area contributed by atoms with Crippen LogP contribution in [0.5, 0.6) is 5.88 Å². The van der Waals surface area contributed by atoms with Crippen LogP contribution in [0.2, 0.25) is 0 Å². The summed E-state index contributed by atoms with van der Waals surface area (Å²) in [6.45, 7) is 5.27. The Kier molecular flexibility index (Phi) is 4.15. The number of pyridine rings is 1. The van der Waals surface area contributed by atoms with Gasteiger partial charge in [0.1, 0.15) is 0 Å². The molecule has 0 amide bonds. The molecule has 0 saturated carbocycles. The highest BCUT2D eigenvalue weighted by Gasteiger charge is 2.06. The molecule has 18 heavy (non-hydrogen) atoms. The topological polar surface area (TPSA) is 47.0 Å². The van der Waals surface area contributed by atoms with Gasteiger partial charge in [0.15, 0.2) is 5.13 Å². The molecule has 2 aromatic rings. The zero-order chi connectivity index (χ0) is 13.0. The normalized spacial score (nSPS) is 10.7. The molecule has 0 aromatic carbocycles. The van der Waals surface area contributed by atoms with Gasteiger partial charge in [0, 0.05) is 18.8 Å². The molecule has 1 N–H and O–H groups in total. The number of anilines is 1. The van der Waals surface area contributed by atoms with Crippen molar-refractivity contribution in [2.45, 2.75) is 13.8 Å². The zero-order valence-electron chi connectivity index (χ0n) is 10.8. The van der Waals surface area contributed by atoms with E-state index in [0.29, 0.717) is 11.8 Å². The highest BCUT2D eigenvalue weighted by Crippen LogP contribution is 2.28. The molecule has 0 aliphatic rings. The summed E-state index contributed by atoms with van der Waals surface area (Å²) in [5.74, 6) is 1.23. The summed E-state index contributed by atoms with van der Waals surface area (Å²) >= 11 is 1.61. The second kappa shape index (κ2) is 5.82. The van der Waals surface area contributed by atoms with E-state index in [2.05, 4.69) is 29.1 Å². The van der Waals surface area contributed by atoms with Gasteiger partial charge in [-0.15, -0.1) is 0 Å². The van der Waals surface area contributed by atoms with E-state index >= 15 is 0 Å². The van der Waals surface area contributed by atoms with Crippen LogP contribution >= 0.6 is 11.3 Å². The number of hydrogen-bond acceptors (Lipinski definition) is 5. The van der Waals surface area contributed by atoms with Crippen molar-refractivity contribution in [2.24, 2.45) is 5.92 Å². The van der Waals surface area contributed by atoms with Gasteiger partial charge in [0.25, 0.3) is 0 Å². The lowest BCUT2D eigenvalue weighted by Crippen LogP contribution is -2.07. The minimum Gasteiger partial charge on any atom is -0.481 e. The molecule has 0 radical (unpaired) electrons. The number of nitrogens with zero attached hydrogens (tertiary/aromatic N) is 2. The van der Waals surface area contributed by atoms with Crippen LogP contribution in [0, 0.1) is 5.92 Å². The first kappa shape index (κ1) is 12.8. The average Bonchev–Trinajstić information content (AvgIpc) is 2.85. The Morgan fingerprint density at radius 1 is 1.39 bits per heavy atom. The molecular weight excluding hydrogens is 246 g/mol. The van der Waals surface area contributed by atoms with Crippen molar-refractivity contribution in [3.63, 3.8) is 0 Å². The van der Waals surface area contributed by atoms with Gasteiger partial charge in [-0.1, -0.05) is 31.3 Å². The summed E-state index contributed by atoms with van der Waals surface area (Å²) in [6, 6.07) is 5.73. The predicted octanol–water partition coefficient (Wildman–Crippen LogP) is 3.28. The lowest BCUT2D eigenvalue weighted by molar-refractivity contribution is 0.398. The van der Waals surface area contributed by atoms with Crippen molar-refractivity contribution >= 4 is 16.5 Å². The van der Waals surface area contributed by atoms with E-state index in [4.69, 9.17) is 4.74 Å². The first-order valence-corrected chi connectivity index (χ1v) is 6.72. The lowest BCUT2D eigenvalue weighted by atomic mass is 10.2. The average molecular weight is 263 g/mol. The van der Waals surface area contributed by atoms with Gasteiger partial charge in [0.2, 0.25) is 5.88 Å². The molecule has 0 bridgehead atoms. The summed E-state index contributed by atoms with van der Waals surface area (Å²) in [7, 11) is 1.62. The number of nitrogens with one attached hydrogen (secondary N) is 1. The third-order valence-electron chi connectivity index (χ3n) is 2.35. The Labute approximate surface area is 111 Å². The lowest BCUT2D eigenvalue weighted by Gasteiger charge is -2.04. The van der Waals surface area contributed by atoms with Crippen LogP contribution in [0.4, 0.5) is 5.13 Å². The van der Waals surface area contributed by atoms with Gasteiger partial charge in [-0.05, 0) is 12.0 Å². The Morgan fingerprint density at radius 3 is 2.94 bits per heavy atom. The van der Waals surface area contributed by atoms with Crippen LogP contribution in [0.1, 0.15) is 13.8 Å². The Hall–Kier alpha value is -1.62. The monoisotopic (exact) mass is 263 g/mol. The fraction of sp³-hybridized carbons (Fsp3) is 0.385. The molecule has 2 rings (SSSR count). The minimum absolute atomic E-state index is 0.604. The van der Waals surface area contributed by atoms with Crippen molar-refractivity contribution < 1.29 is 4.74 Å². The SMILES string of the molecule is COc1cccc(-c2cnc(NCC(C)C)s2)n1. The molecule has 2 aromatic heterocycles. The van der Waals surface area contributed by atoms with Crippen LogP contribution in [0.3, 0.4) is 0 Å². The van der Waals surface area contributed by atoms with E-state index in [1.807, 2.05) is 24.4 Å². The van der Waals surface area contributed by atoms with Crippen LogP contribution < -0.4 is 10.1 Å². The van der Waals surface area contributed by atoms with Gasteiger partial charge >= 0.3 is 0 Å². The molecule has 0 aliphatic carbocycles. The highest BCUT2D eigenvalue weighted by molar-refractivity contribution is 7.18. The maximum absolute atomic E-state index is 5.12. The molecule has 0 aliphatic heterocycles. The van der Waals surface area contributed by atoms with Crippen LogP contribution in [-0.4, -0.2) is 23.6 Å². The molecule has 0 fully saturated rings. The quantitative estimate of drug-likeness (QED) is 0.899. The van der Waals surface area contributed by atoms with E-state index in [9.17, 15) is 0 Å². The Balaban J connectivity index is 2.13.